The van der Waals surface area contributed by atoms with Crippen molar-refractivity contribution in [2.45, 2.75) is 12.5 Å². The lowest BCUT2D eigenvalue weighted by atomic mass is 10.2. The van der Waals surface area contributed by atoms with Crippen LogP contribution in [0.2, 0.25) is 0 Å². The molecule has 9 heteroatoms. The molecule has 2 aliphatic heterocycles. The van der Waals surface area contributed by atoms with Crippen LogP contribution in [0.5, 0.6) is 0 Å². The number of anilines is 1. The van der Waals surface area contributed by atoms with Crippen LogP contribution in [0.4, 0.5) is 5.82 Å². The molecule has 0 radical (unpaired) electrons. The van der Waals surface area contributed by atoms with Crippen LogP contribution < -0.4 is 10.2 Å². The highest BCUT2D eigenvalue weighted by molar-refractivity contribution is 7.91. The minimum atomic E-state index is -3.01. The van der Waals surface area contributed by atoms with Gasteiger partial charge < -0.3 is 15.0 Å². The van der Waals surface area contributed by atoms with E-state index in [1.54, 1.807) is 12.1 Å². The summed E-state index contributed by atoms with van der Waals surface area (Å²) in [6.07, 6.45) is 0.452. The number of carbonyl (C=O) groups excluding carboxylic acids is 1. The number of carbonyl (C=O) groups is 1. The molecule has 1 N–H and O–H groups in total. The molecule has 22 heavy (non-hydrogen) atoms. The minimum absolute atomic E-state index is 0.00195. The van der Waals surface area contributed by atoms with E-state index in [0.29, 0.717) is 25.5 Å². The highest BCUT2D eigenvalue weighted by atomic mass is 32.2. The number of amides is 1. The number of nitrogens with one attached hydrogen (secondary N) is 1. The van der Waals surface area contributed by atoms with E-state index < -0.39 is 9.84 Å². The van der Waals surface area contributed by atoms with E-state index in [9.17, 15) is 13.2 Å². The SMILES string of the molecule is O=C(NC1CCS(=O)(=O)C1)c1ccc(N2CCOCC2)nn1. The first kappa shape index (κ1) is 15.2. The largest absolute Gasteiger partial charge is 0.378 e. The Labute approximate surface area is 128 Å². The zero-order valence-electron chi connectivity index (χ0n) is 12.1. The predicted molar refractivity (Wildman–Crippen MR) is 79.6 cm³/mol. The van der Waals surface area contributed by atoms with Crippen molar-refractivity contribution in [2.75, 3.05) is 42.7 Å². The fourth-order valence-electron chi connectivity index (χ4n) is 2.58. The summed E-state index contributed by atoms with van der Waals surface area (Å²) in [5.74, 6) is 0.448. The van der Waals surface area contributed by atoms with Gasteiger partial charge in [-0.15, -0.1) is 10.2 Å². The number of hydrogen-bond acceptors (Lipinski definition) is 7. The second-order valence-electron chi connectivity index (χ2n) is 5.45. The molecule has 2 fully saturated rings. The molecular weight excluding hydrogens is 308 g/mol. The Morgan fingerprint density at radius 3 is 2.64 bits per heavy atom. The molecule has 0 aliphatic carbocycles. The van der Waals surface area contributed by atoms with Crippen molar-refractivity contribution < 1.29 is 17.9 Å². The van der Waals surface area contributed by atoms with Crippen LogP contribution in [0, 0.1) is 0 Å². The molecule has 1 atom stereocenters. The van der Waals surface area contributed by atoms with Gasteiger partial charge in [-0.05, 0) is 18.6 Å². The normalized spacial score (nSPS) is 24.2. The second-order valence-corrected chi connectivity index (χ2v) is 7.68. The van der Waals surface area contributed by atoms with Crippen LogP contribution in [0.15, 0.2) is 12.1 Å². The van der Waals surface area contributed by atoms with E-state index in [4.69, 9.17) is 4.74 Å². The molecular formula is C13H18N4O4S. The van der Waals surface area contributed by atoms with Crippen LogP contribution in [0.3, 0.4) is 0 Å². The van der Waals surface area contributed by atoms with E-state index in [-0.39, 0.29) is 29.1 Å². The quantitative estimate of drug-likeness (QED) is 0.778. The number of rotatable bonds is 3. The molecule has 1 aromatic heterocycles. The predicted octanol–water partition coefficient (Wildman–Crippen LogP) is -0.770. The average Bonchev–Trinajstić information content (AvgIpc) is 2.87. The zero-order chi connectivity index (χ0) is 15.6. The van der Waals surface area contributed by atoms with Crippen molar-refractivity contribution >= 4 is 21.6 Å². The van der Waals surface area contributed by atoms with Crippen molar-refractivity contribution in [3.63, 3.8) is 0 Å². The number of aromatic nitrogens is 2. The lowest BCUT2D eigenvalue weighted by Gasteiger charge is -2.27. The van der Waals surface area contributed by atoms with Crippen molar-refractivity contribution in [1.29, 1.82) is 0 Å². The van der Waals surface area contributed by atoms with Gasteiger partial charge in [-0.2, -0.15) is 0 Å². The molecule has 8 nitrogen and oxygen atoms in total. The van der Waals surface area contributed by atoms with Crippen molar-refractivity contribution in [3.8, 4) is 0 Å². The van der Waals surface area contributed by atoms with Crippen LogP contribution >= 0.6 is 0 Å². The van der Waals surface area contributed by atoms with Gasteiger partial charge in [-0.1, -0.05) is 0 Å². The van der Waals surface area contributed by atoms with Crippen LogP contribution in [0.25, 0.3) is 0 Å². The summed E-state index contributed by atoms with van der Waals surface area (Å²) in [6, 6.07) is 3.02. The Kier molecular flexibility index (Phi) is 4.25. The van der Waals surface area contributed by atoms with Crippen LogP contribution in [-0.4, -0.2) is 68.4 Å². The van der Waals surface area contributed by atoms with Gasteiger partial charge in [0.25, 0.3) is 5.91 Å². The maximum Gasteiger partial charge on any atom is 0.272 e. The summed E-state index contributed by atoms with van der Waals surface area (Å²) in [6.45, 7) is 2.81. The van der Waals surface area contributed by atoms with E-state index in [2.05, 4.69) is 15.5 Å². The van der Waals surface area contributed by atoms with Gasteiger partial charge in [-0.25, -0.2) is 8.42 Å². The molecule has 1 unspecified atom stereocenters. The molecule has 0 aromatic carbocycles. The van der Waals surface area contributed by atoms with Gasteiger partial charge in [0.05, 0.1) is 24.7 Å². The maximum atomic E-state index is 12.1. The highest BCUT2D eigenvalue weighted by Gasteiger charge is 2.29. The Bertz CT molecular complexity index is 641. The van der Waals surface area contributed by atoms with E-state index in [1.807, 2.05) is 4.90 Å². The number of hydrogen-bond donors (Lipinski definition) is 1. The summed E-state index contributed by atoms with van der Waals surface area (Å²) >= 11 is 0. The lowest BCUT2D eigenvalue weighted by molar-refractivity contribution is 0.0935. The van der Waals surface area contributed by atoms with Crippen molar-refractivity contribution in [2.24, 2.45) is 0 Å². The Morgan fingerprint density at radius 2 is 2.05 bits per heavy atom. The van der Waals surface area contributed by atoms with E-state index in [0.717, 1.165) is 13.1 Å². The molecule has 0 saturated carbocycles. The molecule has 1 amide bonds. The lowest BCUT2D eigenvalue weighted by Crippen LogP contribution is -2.38. The number of morpholine rings is 1. The van der Waals surface area contributed by atoms with Crippen molar-refractivity contribution in [3.05, 3.63) is 17.8 Å². The van der Waals surface area contributed by atoms with Gasteiger partial charge in [0, 0.05) is 19.1 Å². The smallest absolute Gasteiger partial charge is 0.272 e. The molecule has 0 spiro atoms. The second kappa shape index (κ2) is 6.17. The molecule has 3 heterocycles. The standard InChI is InChI=1S/C13H18N4O4S/c18-13(14-10-3-8-22(19,20)9-10)11-1-2-12(16-15-11)17-4-6-21-7-5-17/h1-2,10H,3-9H2,(H,14,18). The molecule has 2 aliphatic rings. The summed E-state index contributed by atoms with van der Waals surface area (Å²) in [7, 11) is -3.01. The van der Waals surface area contributed by atoms with E-state index >= 15 is 0 Å². The summed E-state index contributed by atoms with van der Waals surface area (Å²) in [5, 5.41) is 10.7. The van der Waals surface area contributed by atoms with Crippen LogP contribution in [0.1, 0.15) is 16.9 Å². The third-order valence-corrected chi connectivity index (χ3v) is 5.55. The third kappa shape index (κ3) is 3.53. The average molecular weight is 326 g/mol. The van der Waals surface area contributed by atoms with Gasteiger partial charge in [0.15, 0.2) is 21.3 Å². The topological polar surface area (TPSA) is 101 Å². The summed E-state index contributed by atoms with van der Waals surface area (Å²) in [4.78, 5) is 14.1. The molecule has 1 aromatic rings. The molecule has 2 saturated heterocycles. The number of ether oxygens (including phenoxy) is 1. The molecule has 120 valence electrons. The maximum absolute atomic E-state index is 12.1. The molecule has 0 bridgehead atoms. The van der Waals surface area contributed by atoms with Gasteiger partial charge >= 0.3 is 0 Å². The first-order chi connectivity index (χ1) is 10.5. The number of nitrogens with zero attached hydrogens (tertiary/aromatic N) is 3. The minimum Gasteiger partial charge on any atom is -0.378 e. The Balaban J connectivity index is 1.61. The zero-order valence-corrected chi connectivity index (χ0v) is 12.9. The Hall–Kier alpha value is -1.74. The summed E-state index contributed by atoms with van der Waals surface area (Å²) < 4.78 is 28.0. The number of sulfone groups is 1. The fourth-order valence-corrected chi connectivity index (χ4v) is 4.25. The third-order valence-electron chi connectivity index (χ3n) is 3.79. The summed E-state index contributed by atoms with van der Waals surface area (Å²) in [5.41, 5.74) is 0.196. The first-order valence-corrected chi connectivity index (χ1v) is 9.03. The highest BCUT2D eigenvalue weighted by Crippen LogP contribution is 2.13. The van der Waals surface area contributed by atoms with E-state index in [1.165, 1.54) is 0 Å². The van der Waals surface area contributed by atoms with Crippen molar-refractivity contribution in [1.82, 2.24) is 15.5 Å². The first-order valence-electron chi connectivity index (χ1n) is 7.21. The van der Waals surface area contributed by atoms with Crippen LogP contribution in [-0.2, 0) is 14.6 Å². The van der Waals surface area contributed by atoms with Gasteiger partial charge in [0.2, 0.25) is 0 Å². The Morgan fingerprint density at radius 1 is 1.27 bits per heavy atom. The monoisotopic (exact) mass is 326 g/mol. The van der Waals surface area contributed by atoms with Gasteiger partial charge in [-0.3, -0.25) is 4.79 Å². The fraction of sp³-hybridized carbons (Fsp3) is 0.615. The molecule has 3 rings (SSSR count). The van der Waals surface area contributed by atoms with Gasteiger partial charge in [0.1, 0.15) is 0 Å².